The van der Waals surface area contributed by atoms with Gasteiger partial charge < -0.3 is 20.1 Å². The number of phenols is 1. The van der Waals surface area contributed by atoms with Crippen molar-refractivity contribution >= 4 is 23.2 Å². The first-order valence-corrected chi connectivity index (χ1v) is 14.2. The number of ether oxygens (including phenoxy) is 1. The van der Waals surface area contributed by atoms with Crippen LogP contribution in [-0.4, -0.2) is 68.4 Å². The Kier molecular flexibility index (Phi) is 10.5. The van der Waals surface area contributed by atoms with E-state index < -0.39 is 0 Å². The smallest absolute Gasteiger partial charge is 0.255 e. The van der Waals surface area contributed by atoms with Crippen LogP contribution in [0.1, 0.15) is 55.3 Å². The molecule has 1 aliphatic heterocycles. The van der Waals surface area contributed by atoms with Gasteiger partial charge in [0.25, 0.3) is 5.91 Å². The lowest BCUT2D eigenvalue weighted by atomic mass is 9.77. The largest absolute Gasteiger partial charge is 0.507 e. The van der Waals surface area contributed by atoms with Gasteiger partial charge in [-0.05, 0) is 86.9 Å². The molecule has 1 unspecified atom stereocenters. The number of aromatic hydroxyl groups is 1. The number of carbonyl (C=O) groups excluding carboxylic acids is 1. The molecule has 7 heteroatoms. The van der Waals surface area contributed by atoms with E-state index in [4.69, 9.17) is 16.3 Å². The Morgan fingerprint density at radius 3 is 2.43 bits per heavy atom. The second kappa shape index (κ2) is 14.0. The number of halogens is 1. The molecule has 1 saturated heterocycles. The van der Waals surface area contributed by atoms with E-state index >= 15 is 0 Å². The molecule has 1 heterocycles. The van der Waals surface area contributed by atoms with Crippen molar-refractivity contribution in [3.63, 3.8) is 0 Å². The number of carbonyl (C=O) groups is 1. The van der Waals surface area contributed by atoms with Crippen LogP contribution in [0.15, 0.2) is 48.5 Å². The average molecular weight is 528 g/mol. The number of nitrogens with one attached hydrogen (secondary N) is 1. The van der Waals surface area contributed by atoms with Crippen LogP contribution in [0.3, 0.4) is 0 Å². The Morgan fingerprint density at radius 2 is 1.76 bits per heavy atom. The van der Waals surface area contributed by atoms with Crippen LogP contribution in [0, 0.1) is 11.8 Å². The highest BCUT2D eigenvalue weighted by Crippen LogP contribution is 2.35. The Balaban J connectivity index is 1.09. The average Bonchev–Trinajstić information content (AvgIpc) is 2.93. The Bertz CT molecular complexity index is 970. The van der Waals surface area contributed by atoms with Crippen molar-refractivity contribution in [3.8, 4) is 5.75 Å². The number of rotatable bonds is 11. The summed E-state index contributed by atoms with van der Waals surface area (Å²) in [4.78, 5) is 17.4. The number of amides is 1. The fraction of sp³-hybridized carbons (Fsp3) is 0.567. The van der Waals surface area contributed by atoms with Crippen LogP contribution >= 0.6 is 11.6 Å². The molecule has 2 N–H and O–H groups in total. The van der Waals surface area contributed by atoms with Gasteiger partial charge in [-0.25, -0.2) is 0 Å². The van der Waals surface area contributed by atoms with Crippen LogP contribution in [0.25, 0.3) is 0 Å². The summed E-state index contributed by atoms with van der Waals surface area (Å²) in [6, 6.07) is 14.8. The molecule has 4 rings (SSSR count). The molecule has 202 valence electrons. The first-order valence-electron chi connectivity index (χ1n) is 13.9. The minimum Gasteiger partial charge on any atom is -0.507 e. The van der Waals surface area contributed by atoms with E-state index in [-0.39, 0.29) is 17.8 Å². The molecule has 1 atom stereocenters. The molecule has 0 radical (unpaired) electrons. The van der Waals surface area contributed by atoms with Gasteiger partial charge in [0, 0.05) is 50.5 Å². The number of anilines is 1. The van der Waals surface area contributed by atoms with Crippen molar-refractivity contribution < 1.29 is 14.6 Å². The summed E-state index contributed by atoms with van der Waals surface area (Å²) < 4.78 is 5.87. The van der Waals surface area contributed by atoms with E-state index in [1.165, 1.54) is 50.4 Å². The summed E-state index contributed by atoms with van der Waals surface area (Å²) in [5.41, 5.74) is 1.60. The number of hydrogen-bond donors (Lipinski definition) is 2. The molecule has 2 aliphatic rings. The second-order valence-corrected chi connectivity index (χ2v) is 11.0. The highest BCUT2D eigenvalue weighted by atomic mass is 35.5. The van der Waals surface area contributed by atoms with E-state index in [0.29, 0.717) is 18.0 Å². The fourth-order valence-corrected chi connectivity index (χ4v) is 6.03. The number of nitrogens with zero attached hydrogens (tertiary/aromatic N) is 2. The van der Waals surface area contributed by atoms with Crippen molar-refractivity contribution in [1.29, 1.82) is 0 Å². The van der Waals surface area contributed by atoms with E-state index in [1.807, 2.05) is 19.2 Å². The predicted molar refractivity (Wildman–Crippen MR) is 151 cm³/mol. The summed E-state index contributed by atoms with van der Waals surface area (Å²) in [6.07, 6.45) is 8.42. The van der Waals surface area contributed by atoms with E-state index in [2.05, 4.69) is 27.2 Å². The molecule has 6 nitrogen and oxygen atoms in total. The number of phenolic OH excluding ortho intramolecular Hbond substituents is 1. The molecular weight excluding hydrogens is 486 g/mol. The molecule has 0 spiro atoms. The van der Waals surface area contributed by atoms with Gasteiger partial charge in [-0.1, -0.05) is 36.6 Å². The summed E-state index contributed by atoms with van der Waals surface area (Å²) >= 11 is 6.03. The summed E-state index contributed by atoms with van der Waals surface area (Å²) in [6.45, 7) is 6.21. The number of methoxy groups -OCH3 is 1. The SMILES string of the molecule is COC(CCCNC(=O)c1ccccc1O)C1CCC(CCN2CCN(c3ccc(Cl)cc3)CC2)CC1. The van der Waals surface area contributed by atoms with Crippen molar-refractivity contribution in [1.82, 2.24) is 10.2 Å². The lowest BCUT2D eigenvalue weighted by molar-refractivity contribution is 0.0212. The van der Waals surface area contributed by atoms with Crippen molar-refractivity contribution in [2.24, 2.45) is 11.8 Å². The summed E-state index contributed by atoms with van der Waals surface area (Å²) in [5.74, 6) is 1.23. The van der Waals surface area contributed by atoms with Crippen LogP contribution in [0.2, 0.25) is 5.02 Å². The van der Waals surface area contributed by atoms with Gasteiger partial charge in [-0.15, -0.1) is 0 Å². The van der Waals surface area contributed by atoms with Crippen LogP contribution in [-0.2, 0) is 4.74 Å². The number of piperazine rings is 1. The number of hydrogen-bond acceptors (Lipinski definition) is 5. The maximum absolute atomic E-state index is 12.3. The zero-order valence-electron chi connectivity index (χ0n) is 22.1. The maximum atomic E-state index is 12.3. The third kappa shape index (κ3) is 8.10. The van der Waals surface area contributed by atoms with E-state index in [1.54, 1.807) is 18.2 Å². The van der Waals surface area contributed by atoms with Gasteiger partial charge in [0.1, 0.15) is 5.75 Å². The fourth-order valence-electron chi connectivity index (χ4n) is 5.91. The summed E-state index contributed by atoms with van der Waals surface area (Å²) in [7, 11) is 1.82. The molecule has 0 bridgehead atoms. The highest BCUT2D eigenvalue weighted by molar-refractivity contribution is 6.30. The first kappa shape index (κ1) is 27.7. The molecule has 2 aromatic rings. The van der Waals surface area contributed by atoms with Gasteiger partial charge in [-0.2, -0.15) is 0 Å². The van der Waals surface area contributed by atoms with Gasteiger partial charge in [0.05, 0.1) is 11.7 Å². The third-order valence-electron chi connectivity index (χ3n) is 8.24. The minimum absolute atomic E-state index is 0.0201. The third-order valence-corrected chi connectivity index (χ3v) is 8.49. The molecule has 2 aromatic carbocycles. The van der Waals surface area contributed by atoms with Crippen molar-refractivity contribution in [2.75, 3.05) is 51.3 Å². The Hall–Kier alpha value is -2.28. The maximum Gasteiger partial charge on any atom is 0.255 e. The quantitative estimate of drug-likeness (QED) is 0.373. The molecule has 1 aliphatic carbocycles. The number of para-hydroxylation sites is 1. The summed E-state index contributed by atoms with van der Waals surface area (Å²) in [5, 5.41) is 13.6. The number of benzene rings is 2. The molecule has 0 aromatic heterocycles. The van der Waals surface area contributed by atoms with Crippen LogP contribution in [0.4, 0.5) is 5.69 Å². The highest BCUT2D eigenvalue weighted by Gasteiger charge is 2.28. The van der Waals surface area contributed by atoms with Gasteiger partial charge in [0.15, 0.2) is 0 Å². The van der Waals surface area contributed by atoms with Crippen LogP contribution in [0.5, 0.6) is 5.75 Å². The van der Waals surface area contributed by atoms with Gasteiger partial charge >= 0.3 is 0 Å². The van der Waals surface area contributed by atoms with E-state index in [0.717, 1.165) is 50.0 Å². The lowest BCUT2D eigenvalue weighted by Crippen LogP contribution is -2.47. The molecule has 2 fully saturated rings. The predicted octanol–water partition coefficient (Wildman–Crippen LogP) is 5.59. The van der Waals surface area contributed by atoms with Crippen LogP contribution < -0.4 is 10.2 Å². The van der Waals surface area contributed by atoms with Gasteiger partial charge in [-0.3, -0.25) is 9.69 Å². The van der Waals surface area contributed by atoms with Gasteiger partial charge in [0.2, 0.25) is 0 Å². The molecule has 37 heavy (non-hydrogen) atoms. The monoisotopic (exact) mass is 527 g/mol. The van der Waals surface area contributed by atoms with Crippen molar-refractivity contribution in [2.45, 2.75) is 51.0 Å². The first-order chi connectivity index (χ1) is 18.0. The lowest BCUT2D eigenvalue weighted by Gasteiger charge is -2.38. The van der Waals surface area contributed by atoms with E-state index in [9.17, 15) is 9.90 Å². The standard InChI is InChI=1S/C30H42ClN3O3/c1-37-29(7-4-17-32-30(36)27-5-2-3-6-28(27)35)24-10-8-23(9-11-24)16-18-33-19-21-34(22-20-33)26-14-12-25(31)13-15-26/h2-3,5-6,12-15,23-24,29,35H,4,7-11,16-22H2,1H3,(H,32,36). The molecule has 1 saturated carbocycles. The normalized spacial score (nSPS) is 21.5. The molecule has 1 amide bonds. The topological polar surface area (TPSA) is 65.0 Å². The minimum atomic E-state index is -0.223. The Morgan fingerprint density at radius 1 is 1.05 bits per heavy atom. The Labute approximate surface area is 226 Å². The zero-order chi connectivity index (χ0) is 26.0. The van der Waals surface area contributed by atoms with Crippen molar-refractivity contribution in [3.05, 3.63) is 59.1 Å². The second-order valence-electron chi connectivity index (χ2n) is 10.6. The zero-order valence-corrected chi connectivity index (χ0v) is 22.8. The molecular formula is C30H42ClN3O3.